The molecule has 0 spiro atoms. The van der Waals surface area contributed by atoms with Crippen molar-refractivity contribution < 1.29 is 9.84 Å². The van der Waals surface area contributed by atoms with Crippen LogP contribution >= 0.6 is 12.1 Å². The molecule has 1 fully saturated rings. The first-order valence-electron chi connectivity index (χ1n) is 5.94. The van der Waals surface area contributed by atoms with Crippen LogP contribution in [0.25, 0.3) is 0 Å². The van der Waals surface area contributed by atoms with Gasteiger partial charge in [-0.05, 0) is 31.4 Å². The maximum Gasteiger partial charge on any atom is 0.146 e. The first-order chi connectivity index (χ1) is 8.79. The van der Waals surface area contributed by atoms with Crippen molar-refractivity contribution in [3.63, 3.8) is 0 Å². The van der Waals surface area contributed by atoms with E-state index in [0.29, 0.717) is 11.4 Å². The molecule has 4 N–H and O–H groups in total. The zero-order valence-electron chi connectivity index (χ0n) is 10.1. The summed E-state index contributed by atoms with van der Waals surface area (Å²) in [7, 11) is 0. The molecular weight excluding hydrogens is 250 g/mol. The Morgan fingerprint density at radius 3 is 2.61 bits per heavy atom. The van der Waals surface area contributed by atoms with Crippen LogP contribution in [0.1, 0.15) is 24.8 Å². The van der Waals surface area contributed by atoms with Crippen LogP contribution in [-0.4, -0.2) is 24.2 Å². The number of amidine groups is 1. The van der Waals surface area contributed by atoms with Crippen molar-refractivity contribution in [3.8, 4) is 5.75 Å². The summed E-state index contributed by atoms with van der Waals surface area (Å²) in [6.07, 6.45) is 3.93. The van der Waals surface area contributed by atoms with Crippen LogP contribution in [0.3, 0.4) is 0 Å². The van der Waals surface area contributed by atoms with E-state index in [1.807, 2.05) is 6.07 Å². The molecule has 1 aromatic carbocycles. The Morgan fingerprint density at radius 1 is 1.28 bits per heavy atom. The fourth-order valence-electron chi connectivity index (χ4n) is 1.75. The van der Waals surface area contributed by atoms with Gasteiger partial charge in [-0.15, -0.1) is 0 Å². The Bertz CT molecular complexity index is 422. The maximum atomic E-state index is 9.42. The highest BCUT2D eigenvalue weighted by Gasteiger charge is 2.14. The number of anilines is 1. The predicted octanol–water partition coefficient (Wildman–Crippen LogP) is 2.27. The second-order valence-corrected chi connectivity index (χ2v) is 4.61. The number of phenolic OH excluding ortho intramolecular Hbond substituents is 1. The molecule has 0 aliphatic carbocycles. The zero-order chi connectivity index (χ0) is 12.8. The molecule has 5 nitrogen and oxygen atoms in total. The largest absolute Gasteiger partial charge is 0.507 e. The van der Waals surface area contributed by atoms with Crippen LogP contribution in [0.5, 0.6) is 5.75 Å². The number of hydrogen-bond donors (Lipinski definition) is 3. The molecule has 0 unspecified atom stereocenters. The van der Waals surface area contributed by atoms with E-state index in [-0.39, 0.29) is 5.75 Å². The summed E-state index contributed by atoms with van der Waals surface area (Å²) in [6.45, 7) is 2.00. The molecule has 98 valence electrons. The number of hydrogen-bond acceptors (Lipinski definition) is 6. The van der Waals surface area contributed by atoms with Crippen LogP contribution in [0.2, 0.25) is 0 Å². The van der Waals surface area contributed by atoms with Crippen LogP contribution in [0, 0.1) is 0 Å². The number of phenols is 1. The monoisotopic (exact) mass is 267 g/mol. The Hall–Kier alpha value is -1.40. The van der Waals surface area contributed by atoms with E-state index in [1.54, 1.807) is 12.1 Å². The number of nitrogens with one attached hydrogen (secondary N) is 1. The third kappa shape index (κ3) is 3.30. The van der Waals surface area contributed by atoms with Gasteiger partial charge in [0, 0.05) is 13.2 Å². The smallest absolute Gasteiger partial charge is 0.146 e. The van der Waals surface area contributed by atoms with Crippen molar-refractivity contribution in [2.75, 3.05) is 17.9 Å². The standard InChI is InChI=1S/C7H7N3OS.C5H10O/c8-7-6-4(9-12-10-7)2-1-3-5(6)11;1-2-4-6-5-3-1/h1-3,9,11H,(H2,8,10);1-5H2. The number of nitrogens with two attached hydrogens (primary N) is 1. The van der Waals surface area contributed by atoms with Crippen LogP contribution in [0.4, 0.5) is 5.69 Å². The van der Waals surface area contributed by atoms with Crippen molar-refractivity contribution in [2.45, 2.75) is 19.3 Å². The van der Waals surface area contributed by atoms with Gasteiger partial charge in [-0.25, -0.2) is 0 Å². The van der Waals surface area contributed by atoms with Crippen molar-refractivity contribution in [1.82, 2.24) is 0 Å². The second kappa shape index (κ2) is 6.51. The minimum absolute atomic E-state index is 0.154. The third-order valence-corrected chi connectivity index (χ3v) is 3.27. The van der Waals surface area contributed by atoms with Gasteiger partial charge in [-0.2, -0.15) is 4.40 Å². The molecule has 2 aliphatic rings. The molecule has 0 bridgehead atoms. The van der Waals surface area contributed by atoms with Crippen molar-refractivity contribution in [3.05, 3.63) is 23.8 Å². The second-order valence-electron chi connectivity index (χ2n) is 4.04. The lowest BCUT2D eigenvalue weighted by molar-refractivity contribution is 0.0968. The van der Waals surface area contributed by atoms with Crippen molar-refractivity contribution >= 4 is 23.7 Å². The minimum Gasteiger partial charge on any atom is -0.507 e. The Morgan fingerprint density at radius 2 is 2.06 bits per heavy atom. The number of aromatic hydroxyl groups is 1. The summed E-state index contributed by atoms with van der Waals surface area (Å²) < 4.78 is 11.9. The van der Waals surface area contributed by atoms with Gasteiger partial charge in [0.1, 0.15) is 11.6 Å². The molecule has 0 radical (unpaired) electrons. The Balaban J connectivity index is 0.000000169. The summed E-state index contributed by atoms with van der Waals surface area (Å²) in [5.74, 6) is 0.508. The highest BCUT2D eigenvalue weighted by atomic mass is 32.2. The number of fused-ring (bicyclic) bond motifs is 1. The summed E-state index contributed by atoms with van der Waals surface area (Å²) in [6, 6.07) is 5.17. The highest BCUT2D eigenvalue weighted by Crippen LogP contribution is 2.30. The Kier molecular flexibility index (Phi) is 4.72. The van der Waals surface area contributed by atoms with E-state index in [1.165, 1.54) is 19.3 Å². The molecule has 0 atom stereocenters. The maximum absolute atomic E-state index is 9.42. The van der Waals surface area contributed by atoms with Crippen LogP contribution in [-0.2, 0) is 4.74 Å². The van der Waals surface area contributed by atoms with Gasteiger partial charge in [-0.1, -0.05) is 6.07 Å². The molecule has 6 heteroatoms. The van der Waals surface area contributed by atoms with E-state index < -0.39 is 0 Å². The van der Waals surface area contributed by atoms with Gasteiger partial charge in [-0.3, -0.25) is 0 Å². The number of rotatable bonds is 0. The molecule has 0 aromatic heterocycles. The molecule has 18 heavy (non-hydrogen) atoms. The predicted molar refractivity (Wildman–Crippen MR) is 74.7 cm³/mol. The van der Waals surface area contributed by atoms with Gasteiger partial charge >= 0.3 is 0 Å². The fourth-order valence-corrected chi connectivity index (χ4v) is 2.25. The first-order valence-corrected chi connectivity index (χ1v) is 6.72. The third-order valence-electron chi connectivity index (χ3n) is 2.68. The molecule has 0 saturated carbocycles. The lowest BCUT2D eigenvalue weighted by atomic mass is 10.1. The molecule has 1 saturated heterocycles. The highest BCUT2D eigenvalue weighted by molar-refractivity contribution is 7.99. The summed E-state index contributed by atoms with van der Waals surface area (Å²) in [5.41, 5.74) is 6.95. The van der Waals surface area contributed by atoms with Gasteiger partial charge in [0.15, 0.2) is 0 Å². The molecule has 0 amide bonds. The van der Waals surface area contributed by atoms with E-state index >= 15 is 0 Å². The molecule has 2 aliphatic heterocycles. The normalized spacial score (nSPS) is 17.7. The first kappa shape index (κ1) is 13.0. The van der Waals surface area contributed by atoms with Crippen LogP contribution < -0.4 is 10.5 Å². The fraction of sp³-hybridized carbons (Fsp3) is 0.417. The average Bonchev–Trinajstić information content (AvgIpc) is 2.42. The van der Waals surface area contributed by atoms with Crippen molar-refractivity contribution in [2.24, 2.45) is 10.1 Å². The van der Waals surface area contributed by atoms with E-state index in [9.17, 15) is 5.11 Å². The van der Waals surface area contributed by atoms with Gasteiger partial charge in [0.2, 0.25) is 0 Å². The summed E-state index contributed by atoms with van der Waals surface area (Å²) >= 11 is 1.16. The molecule has 1 aromatic rings. The van der Waals surface area contributed by atoms with Gasteiger partial charge < -0.3 is 20.3 Å². The minimum atomic E-state index is 0.154. The molecular formula is C12H17N3O2S. The Labute approximate surface area is 111 Å². The zero-order valence-corrected chi connectivity index (χ0v) is 10.9. The van der Waals surface area contributed by atoms with Gasteiger partial charge in [0.25, 0.3) is 0 Å². The summed E-state index contributed by atoms with van der Waals surface area (Å²) in [5, 5.41) is 9.42. The number of ether oxygens (including phenoxy) is 1. The summed E-state index contributed by atoms with van der Waals surface area (Å²) in [4.78, 5) is 0. The number of nitrogens with zero attached hydrogens (tertiary/aromatic N) is 1. The van der Waals surface area contributed by atoms with Crippen molar-refractivity contribution in [1.29, 1.82) is 0 Å². The quantitative estimate of drug-likeness (QED) is 0.628. The van der Waals surface area contributed by atoms with E-state index in [4.69, 9.17) is 10.5 Å². The van der Waals surface area contributed by atoms with Gasteiger partial charge in [0.05, 0.1) is 23.4 Å². The topological polar surface area (TPSA) is 79.9 Å². The SMILES string of the molecule is C1CCOCC1.NC1=NSNc2cccc(O)c21. The van der Waals surface area contributed by atoms with E-state index in [0.717, 1.165) is 31.0 Å². The van der Waals surface area contributed by atoms with E-state index in [2.05, 4.69) is 9.12 Å². The lowest BCUT2D eigenvalue weighted by Gasteiger charge is -2.14. The average molecular weight is 267 g/mol. The molecule has 2 heterocycles. The molecule has 3 rings (SSSR count). The lowest BCUT2D eigenvalue weighted by Crippen LogP contribution is -2.17. The van der Waals surface area contributed by atoms with Crippen LogP contribution in [0.15, 0.2) is 22.6 Å². The number of benzene rings is 1.